The summed E-state index contributed by atoms with van der Waals surface area (Å²) in [5.41, 5.74) is 7.49. The number of nitrogens with one attached hydrogen (secondary N) is 1. The summed E-state index contributed by atoms with van der Waals surface area (Å²) in [7, 11) is 0. The van der Waals surface area contributed by atoms with E-state index in [1.165, 1.54) is 43.1 Å². The molecule has 1 saturated heterocycles. The van der Waals surface area contributed by atoms with E-state index in [0.717, 1.165) is 24.5 Å². The lowest BCUT2D eigenvalue weighted by Crippen LogP contribution is -2.23. The van der Waals surface area contributed by atoms with Crippen LogP contribution in [0.2, 0.25) is 0 Å². The summed E-state index contributed by atoms with van der Waals surface area (Å²) >= 11 is 1.22. The average Bonchev–Trinajstić information content (AvgIpc) is 2.92. The molecule has 0 atom stereocenters. The second kappa shape index (κ2) is 7.49. The first kappa shape index (κ1) is 16.5. The minimum Gasteiger partial charge on any atom is -0.371 e. The monoisotopic (exact) mass is 343 g/mol. The van der Waals surface area contributed by atoms with Gasteiger partial charge in [0.15, 0.2) is 0 Å². The number of anilines is 2. The molecule has 1 aliphatic heterocycles. The lowest BCUT2D eigenvalue weighted by Gasteiger charge is -2.23. The third-order valence-corrected chi connectivity index (χ3v) is 5.11. The number of nitrogens with zero attached hydrogens (tertiary/aromatic N) is 1. The Morgan fingerprint density at radius 3 is 2.50 bits per heavy atom. The molecule has 126 valence electrons. The third kappa shape index (κ3) is 3.94. The SMILES string of the molecule is NC(=O)c1csc(C(=O)Nc2cccc(N3CCCCCC3)c2)c1. The second-order valence-corrected chi connectivity index (χ2v) is 6.88. The van der Waals surface area contributed by atoms with Crippen molar-refractivity contribution < 1.29 is 9.59 Å². The van der Waals surface area contributed by atoms with Crippen molar-refractivity contribution in [3.63, 3.8) is 0 Å². The lowest BCUT2D eigenvalue weighted by molar-refractivity contribution is 0.100. The molecule has 3 N–H and O–H groups in total. The number of hydrogen-bond acceptors (Lipinski definition) is 4. The van der Waals surface area contributed by atoms with Crippen LogP contribution in [-0.4, -0.2) is 24.9 Å². The van der Waals surface area contributed by atoms with Gasteiger partial charge in [-0.2, -0.15) is 0 Å². The first-order valence-electron chi connectivity index (χ1n) is 8.18. The summed E-state index contributed by atoms with van der Waals surface area (Å²) in [6, 6.07) is 9.45. The average molecular weight is 343 g/mol. The van der Waals surface area contributed by atoms with Gasteiger partial charge in [-0.3, -0.25) is 9.59 Å². The summed E-state index contributed by atoms with van der Waals surface area (Å²) in [5.74, 6) is -0.742. The lowest BCUT2D eigenvalue weighted by atomic mass is 10.2. The second-order valence-electron chi connectivity index (χ2n) is 5.97. The minimum absolute atomic E-state index is 0.222. The number of carbonyl (C=O) groups excluding carboxylic acids is 2. The van der Waals surface area contributed by atoms with Crippen LogP contribution in [0.4, 0.5) is 11.4 Å². The van der Waals surface area contributed by atoms with Crippen LogP contribution in [0.15, 0.2) is 35.7 Å². The quantitative estimate of drug-likeness (QED) is 0.892. The first-order valence-corrected chi connectivity index (χ1v) is 9.06. The highest BCUT2D eigenvalue weighted by molar-refractivity contribution is 7.12. The van der Waals surface area contributed by atoms with Crippen LogP contribution in [-0.2, 0) is 0 Å². The highest BCUT2D eigenvalue weighted by Gasteiger charge is 2.14. The van der Waals surface area contributed by atoms with Crippen molar-refractivity contribution in [1.29, 1.82) is 0 Å². The molecule has 3 rings (SSSR count). The molecular formula is C18H21N3O2S. The van der Waals surface area contributed by atoms with Crippen molar-refractivity contribution in [3.8, 4) is 0 Å². The molecule has 6 heteroatoms. The molecule has 0 radical (unpaired) electrons. The van der Waals surface area contributed by atoms with Crippen molar-refractivity contribution >= 4 is 34.5 Å². The summed E-state index contributed by atoms with van der Waals surface area (Å²) in [4.78, 5) is 26.3. The molecule has 0 spiro atoms. The van der Waals surface area contributed by atoms with Gasteiger partial charge in [0.2, 0.25) is 5.91 Å². The number of thiophene rings is 1. The van der Waals surface area contributed by atoms with Crippen LogP contribution in [0.25, 0.3) is 0 Å². The number of benzene rings is 1. The molecule has 0 aliphatic carbocycles. The standard InChI is InChI=1S/C18H21N3O2S/c19-17(22)13-10-16(24-12-13)18(23)20-14-6-5-7-15(11-14)21-8-3-1-2-4-9-21/h5-7,10-12H,1-4,8-9H2,(H2,19,22)(H,20,23). The van der Waals surface area contributed by atoms with E-state index in [2.05, 4.69) is 16.3 Å². The summed E-state index contributed by atoms with van der Waals surface area (Å²) in [6.45, 7) is 2.12. The highest BCUT2D eigenvalue weighted by atomic mass is 32.1. The smallest absolute Gasteiger partial charge is 0.265 e. The Bertz CT molecular complexity index is 733. The topological polar surface area (TPSA) is 75.4 Å². The largest absolute Gasteiger partial charge is 0.371 e. The maximum Gasteiger partial charge on any atom is 0.265 e. The fourth-order valence-corrected chi connectivity index (χ4v) is 3.68. The summed E-state index contributed by atoms with van der Waals surface area (Å²) < 4.78 is 0. The van der Waals surface area contributed by atoms with Crippen LogP contribution in [0.3, 0.4) is 0 Å². The van der Waals surface area contributed by atoms with Gasteiger partial charge in [-0.15, -0.1) is 11.3 Å². The zero-order chi connectivity index (χ0) is 16.9. The maximum atomic E-state index is 12.3. The Morgan fingerprint density at radius 2 is 1.83 bits per heavy atom. The van der Waals surface area contributed by atoms with Crippen molar-refractivity contribution in [2.45, 2.75) is 25.7 Å². The van der Waals surface area contributed by atoms with E-state index < -0.39 is 5.91 Å². The van der Waals surface area contributed by atoms with Gasteiger partial charge in [0.25, 0.3) is 5.91 Å². The minimum atomic E-state index is -0.520. The van der Waals surface area contributed by atoms with Gasteiger partial charge in [-0.05, 0) is 37.1 Å². The van der Waals surface area contributed by atoms with Crippen LogP contribution in [0.1, 0.15) is 45.7 Å². The van der Waals surface area contributed by atoms with Crippen molar-refractivity contribution in [2.75, 3.05) is 23.3 Å². The summed E-state index contributed by atoms with van der Waals surface area (Å²) in [5, 5.41) is 4.50. The van der Waals surface area contributed by atoms with Gasteiger partial charge in [-0.25, -0.2) is 0 Å². The first-order chi connectivity index (χ1) is 11.6. The molecule has 5 nitrogen and oxygen atoms in total. The third-order valence-electron chi connectivity index (χ3n) is 4.18. The molecule has 24 heavy (non-hydrogen) atoms. The number of nitrogens with two attached hydrogens (primary N) is 1. The van der Waals surface area contributed by atoms with Crippen LogP contribution in [0.5, 0.6) is 0 Å². The number of amides is 2. The molecule has 2 heterocycles. The Kier molecular flexibility index (Phi) is 5.15. The Balaban J connectivity index is 1.71. The molecule has 2 amide bonds. The Hall–Kier alpha value is -2.34. The normalized spacial score (nSPS) is 14.9. The summed E-state index contributed by atoms with van der Waals surface area (Å²) in [6.07, 6.45) is 4.99. The van der Waals surface area contributed by atoms with Gasteiger partial charge < -0.3 is 16.0 Å². The van der Waals surface area contributed by atoms with E-state index >= 15 is 0 Å². The maximum absolute atomic E-state index is 12.3. The fourth-order valence-electron chi connectivity index (χ4n) is 2.89. The Labute approximate surface area is 145 Å². The van der Waals surface area contributed by atoms with Crippen LogP contribution < -0.4 is 16.0 Å². The molecule has 1 aromatic carbocycles. The molecule has 0 unspecified atom stereocenters. The van der Waals surface area contributed by atoms with E-state index in [9.17, 15) is 9.59 Å². The highest BCUT2D eigenvalue weighted by Crippen LogP contribution is 2.24. The molecule has 1 aliphatic rings. The van der Waals surface area contributed by atoms with Gasteiger partial charge in [-0.1, -0.05) is 18.9 Å². The number of hydrogen-bond donors (Lipinski definition) is 2. The number of primary amides is 1. The van der Waals surface area contributed by atoms with E-state index in [1.807, 2.05) is 18.2 Å². The molecule has 0 bridgehead atoms. The molecule has 2 aromatic rings. The van der Waals surface area contributed by atoms with E-state index in [-0.39, 0.29) is 5.91 Å². The molecular weight excluding hydrogens is 322 g/mol. The van der Waals surface area contributed by atoms with E-state index in [1.54, 1.807) is 5.38 Å². The molecule has 1 fully saturated rings. The molecule has 0 saturated carbocycles. The van der Waals surface area contributed by atoms with Crippen molar-refractivity contribution in [2.24, 2.45) is 5.73 Å². The van der Waals surface area contributed by atoms with Gasteiger partial charge in [0.1, 0.15) is 0 Å². The number of carbonyl (C=O) groups is 2. The van der Waals surface area contributed by atoms with Gasteiger partial charge in [0.05, 0.1) is 10.4 Å². The van der Waals surface area contributed by atoms with Crippen LogP contribution >= 0.6 is 11.3 Å². The van der Waals surface area contributed by atoms with Crippen molar-refractivity contribution in [3.05, 3.63) is 46.2 Å². The van der Waals surface area contributed by atoms with Gasteiger partial charge in [0, 0.05) is 29.8 Å². The zero-order valence-corrected chi connectivity index (χ0v) is 14.3. The molecule has 1 aromatic heterocycles. The van der Waals surface area contributed by atoms with Crippen molar-refractivity contribution in [1.82, 2.24) is 0 Å². The number of rotatable bonds is 4. The van der Waals surface area contributed by atoms with Gasteiger partial charge >= 0.3 is 0 Å². The Morgan fingerprint density at radius 1 is 1.08 bits per heavy atom. The fraction of sp³-hybridized carbons (Fsp3) is 0.333. The zero-order valence-electron chi connectivity index (χ0n) is 13.5. The van der Waals surface area contributed by atoms with Crippen LogP contribution in [0, 0.1) is 0 Å². The predicted octanol–water partition coefficient (Wildman–Crippen LogP) is 3.48. The van der Waals surface area contributed by atoms with E-state index in [4.69, 9.17) is 5.73 Å². The predicted molar refractivity (Wildman–Crippen MR) is 97.9 cm³/mol. The van der Waals surface area contributed by atoms with E-state index in [0.29, 0.717) is 10.4 Å².